The van der Waals surface area contributed by atoms with Gasteiger partial charge in [0.15, 0.2) is 0 Å². The zero-order valence-corrected chi connectivity index (χ0v) is 12.8. The highest BCUT2D eigenvalue weighted by molar-refractivity contribution is 6.18. The summed E-state index contributed by atoms with van der Waals surface area (Å²) in [7, 11) is 0. The van der Waals surface area contributed by atoms with Crippen LogP contribution in [0.4, 0.5) is 0 Å². The summed E-state index contributed by atoms with van der Waals surface area (Å²) in [4.78, 5) is 2.35. The molecule has 1 aromatic rings. The highest BCUT2D eigenvalue weighted by Crippen LogP contribution is 2.15. The maximum absolute atomic E-state index is 5.84. The lowest BCUT2D eigenvalue weighted by Gasteiger charge is -2.24. The van der Waals surface area contributed by atoms with Crippen LogP contribution >= 0.6 is 11.6 Å². The van der Waals surface area contributed by atoms with Crippen molar-refractivity contribution in [2.24, 2.45) is 0 Å². The number of aromatic nitrogens is 2. The maximum Gasteiger partial charge on any atom is 0.0765 e. The van der Waals surface area contributed by atoms with Gasteiger partial charge in [0, 0.05) is 31.2 Å². The summed E-state index contributed by atoms with van der Waals surface area (Å²) in [5, 5.41) is 4.69. The monoisotopic (exact) mass is 271 g/mol. The Morgan fingerprint density at radius 3 is 2.50 bits per heavy atom. The van der Waals surface area contributed by atoms with Crippen molar-refractivity contribution in [2.45, 2.75) is 59.2 Å². The van der Waals surface area contributed by atoms with Crippen LogP contribution < -0.4 is 0 Å². The second kappa shape index (κ2) is 7.80. The van der Waals surface area contributed by atoms with Crippen LogP contribution in [0, 0.1) is 0 Å². The van der Waals surface area contributed by atoms with Crippen molar-refractivity contribution in [3.8, 4) is 0 Å². The smallest absolute Gasteiger partial charge is 0.0765 e. The SMILES string of the molecule is CCC(CC)n1ccc(CN(CCCl)C(C)C)n1. The van der Waals surface area contributed by atoms with Crippen LogP contribution in [0.25, 0.3) is 0 Å². The van der Waals surface area contributed by atoms with E-state index in [-0.39, 0.29) is 0 Å². The predicted molar refractivity (Wildman–Crippen MR) is 78.1 cm³/mol. The number of hydrogen-bond donors (Lipinski definition) is 0. The average Bonchev–Trinajstić information content (AvgIpc) is 2.78. The number of rotatable bonds is 8. The van der Waals surface area contributed by atoms with Crippen molar-refractivity contribution in [1.82, 2.24) is 14.7 Å². The molecule has 0 aliphatic heterocycles. The minimum absolute atomic E-state index is 0.502. The van der Waals surface area contributed by atoms with Crippen molar-refractivity contribution in [3.05, 3.63) is 18.0 Å². The summed E-state index contributed by atoms with van der Waals surface area (Å²) in [6, 6.07) is 3.16. The van der Waals surface area contributed by atoms with Gasteiger partial charge in [0.2, 0.25) is 0 Å². The Labute approximate surface area is 116 Å². The third-order valence-electron chi connectivity index (χ3n) is 3.45. The standard InChI is InChI=1S/C14H26ClN3/c1-5-14(6-2)18-9-7-13(16-18)11-17(10-8-15)12(3)4/h7,9,12,14H,5-6,8,10-11H2,1-4H3. The molecule has 0 saturated carbocycles. The molecule has 0 amide bonds. The molecule has 0 aliphatic carbocycles. The third-order valence-corrected chi connectivity index (χ3v) is 3.62. The van der Waals surface area contributed by atoms with Gasteiger partial charge < -0.3 is 0 Å². The molecule has 104 valence electrons. The molecule has 0 fully saturated rings. The van der Waals surface area contributed by atoms with Crippen molar-refractivity contribution in [1.29, 1.82) is 0 Å². The third kappa shape index (κ3) is 4.29. The molecule has 0 N–H and O–H groups in total. The fourth-order valence-electron chi connectivity index (χ4n) is 2.16. The Kier molecular flexibility index (Phi) is 6.72. The molecule has 1 rings (SSSR count). The first-order chi connectivity index (χ1) is 8.62. The van der Waals surface area contributed by atoms with E-state index in [4.69, 9.17) is 11.6 Å². The van der Waals surface area contributed by atoms with E-state index >= 15 is 0 Å². The number of hydrogen-bond acceptors (Lipinski definition) is 2. The summed E-state index contributed by atoms with van der Waals surface area (Å²) < 4.78 is 2.11. The first-order valence-electron chi connectivity index (χ1n) is 6.96. The van der Waals surface area contributed by atoms with E-state index in [1.54, 1.807) is 0 Å². The van der Waals surface area contributed by atoms with Gasteiger partial charge in [0.25, 0.3) is 0 Å². The Bertz CT molecular complexity index is 332. The van der Waals surface area contributed by atoms with E-state index in [2.05, 4.69) is 54.6 Å². The molecular weight excluding hydrogens is 246 g/mol. The maximum atomic E-state index is 5.84. The lowest BCUT2D eigenvalue weighted by atomic mass is 10.2. The average molecular weight is 272 g/mol. The topological polar surface area (TPSA) is 21.1 Å². The van der Waals surface area contributed by atoms with Crippen LogP contribution in [0.15, 0.2) is 12.3 Å². The molecule has 1 heterocycles. The van der Waals surface area contributed by atoms with Crippen LogP contribution in [-0.2, 0) is 6.54 Å². The van der Waals surface area contributed by atoms with E-state index in [1.807, 2.05) is 0 Å². The molecule has 0 bridgehead atoms. The first kappa shape index (κ1) is 15.5. The van der Waals surface area contributed by atoms with E-state index in [9.17, 15) is 0 Å². The normalized spacial score (nSPS) is 12.0. The second-order valence-electron chi connectivity index (χ2n) is 5.01. The fourth-order valence-corrected chi connectivity index (χ4v) is 2.38. The van der Waals surface area contributed by atoms with Crippen LogP contribution in [0.3, 0.4) is 0 Å². The molecule has 3 nitrogen and oxygen atoms in total. The van der Waals surface area contributed by atoms with Crippen LogP contribution in [-0.4, -0.2) is 33.1 Å². The lowest BCUT2D eigenvalue weighted by molar-refractivity contribution is 0.222. The van der Waals surface area contributed by atoms with E-state index in [0.717, 1.165) is 31.6 Å². The molecule has 0 aromatic carbocycles. The number of halogens is 1. The minimum Gasteiger partial charge on any atom is -0.294 e. The molecule has 0 spiro atoms. The summed E-state index contributed by atoms with van der Waals surface area (Å²) in [6.07, 6.45) is 4.37. The Balaban J connectivity index is 2.67. The zero-order valence-electron chi connectivity index (χ0n) is 12.1. The number of alkyl halides is 1. The summed E-state index contributed by atoms with van der Waals surface area (Å²) in [6.45, 7) is 10.6. The van der Waals surface area contributed by atoms with Crippen LogP contribution in [0.2, 0.25) is 0 Å². The highest BCUT2D eigenvalue weighted by Gasteiger charge is 2.13. The molecule has 0 aliphatic rings. The molecular formula is C14H26ClN3. The van der Waals surface area contributed by atoms with E-state index < -0.39 is 0 Å². The first-order valence-corrected chi connectivity index (χ1v) is 7.49. The highest BCUT2D eigenvalue weighted by atomic mass is 35.5. The van der Waals surface area contributed by atoms with Crippen LogP contribution in [0.1, 0.15) is 52.3 Å². The van der Waals surface area contributed by atoms with Crippen molar-refractivity contribution in [3.63, 3.8) is 0 Å². The quantitative estimate of drug-likeness (QED) is 0.673. The largest absolute Gasteiger partial charge is 0.294 e. The van der Waals surface area contributed by atoms with Crippen LogP contribution in [0.5, 0.6) is 0 Å². The molecule has 4 heteroatoms. The Hall–Kier alpha value is -0.540. The van der Waals surface area contributed by atoms with Gasteiger partial charge in [0.05, 0.1) is 11.7 Å². The predicted octanol–water partition coefficient (Wildman–Crippen LogP) is 3.69. The summed E-state index contributed by atoms with van der Waals surface area (Å²) in [5.74, 6) is 0.672. The van der Waals surface area contributed by atoms with Gasteiger partial charge >= 0.3 is 0 Å². The molecule has 1 aromatic heterocycles. The van der Waals surface area contributed by atoms with E-state index in [1.165, 1.54) is 0 Å². The molecule has 18 heavy (non-hydrogen) atoms. The van der Waals surface area contributed by atoms with Gasteiger partial charge in [-0.05, 0) is 32.8 Å². The fraction of sp³-hybridized carbons (Fsp3) is 0.786. The van der Waals surface area contributed by atoms with Gasteiger partial charge in [-0.3, -0.25) is 9.58 Å². The molecule has 0 radical (unpaired) electrons. The summed E-state index contributed by atoms with van der Waals surface area (Å²) in [5.41, 5.74) is 1.14. The molecule has 0 unspecified atom stereocenters. The lowest BCUT2D eigenvalue weighted by Crippen LogP contribution is -2.32. The van der Waals surface area contributed by atoms with Crippen molar-refractivity contribution < 1.29 is 0 Å². The Morgan fingerprint density at radius 1 is 1.33 bits per heavy atom. The van der Waals surface area contributed by atoms with Crippen molar-refractivity contribution in [2.75, 3.05) is 12.4 Å². The second-order valence-corrected chi connectivity index (χ2v) is 5.39. The van der Waals surface area contributed by atoms with Gasteiger partial charge in [-0.25, -0.2) is 0 Å². The van der Waals surface area contributed by atoms with Crippen molar-refractivity contribution >= 4 is 11.6 Å². The van der Waals surface area contributed by atoms with Gasteiger partial charge in [-0.15, -0.1) is 11.6 Å². The summed E-state index contributed by atoms with van der Waals surface area (Å²) >= 11 is 5.84. The van der Waals surface area contributed by atoms with Gasteiger partial charge in [0.1, 0.15) is 0 Å². The molecule has 0 atom stereocenters. The zero-order chi connectivity index (χ0) is 13.5. The van der Waals surface area contributed by atoms with Gasteiger partial charge in [-0.2, -0.15) is 5.10 Å². The Morgan fingerprint density at radius 2 is 2.00 bits per heavy atom. The molecule has 0 saturated heterocycles. The number of nitrogens with zero attached hydrogens (tertiary/aromatic N) is 3. The van der Waals surface area contributed by atoms with Gasteiger partial charge in [-0.1, -0.05) is 13.8 Å². The minimum atomic E-state index is 0.502. The van der Waals surface area contributed by atoms with E-state index in [0.29, 0.717) is 18.0 Å².